The molecule has 0 aromatic carbocycles. The van der Waals surface area contributed by atoms with Gasteiger partial charge in [0.2, 0.25) is 5.91 Å². The predicted octanol–water partition coefficient (Wildman–Crippen LogP) is 22.4. The van der Waals surface area contributed by atoms with E-state index in [4.69, 9.17) is 0 Å². The molecule has 446 valence electrons. The fraction of sp³-hybridized carbons (Fsp3) is 0.929. The molecule has 0 aromatic heterocycles. The smallest absolute Gasteiger partial charge is 0.249 e. The van der Waals surface area contributed by atoms with Crippen LogP contribution in [-0.4, -0.2) is 46.1 Å². The highest BCUT2D eigenvalue weighted by Gasteiger charge is 2.22. The number of nitrogens with one attached hydrogen (secondary N) is 1. The summed E-state index contributed by atoms with van der Waals surface area (Å²) in [6, 6.07) is -0.814. The van der Waals surface area contributed by atoms with Gasteiger partial charge in [-0.05, 0) is 32.1 Å². The first-order valence-corrected chi connectivity index (χ1v) is 34.7. The van der Waals surface area contributed by atoms with Gasteiger partial charge in [-0.25, -0.2) is 0 Å². The molecule has 3 unspecified atom stereocenters. The van der Waals surface area contributed by atoms with Crippen molar-refractivity contribution in [2.75, 3.05) is 6.61 Å². The first-order valence-electron chi connectivity index (χ1n) is 34.7. The lowest BCUT2D eigenvalue weighted by atomic mass is 10.0. The van der Waals surface area contributed by atoms with Gasteiger partial charge in [0, 0.05) is 0 Å². The highest BCUT2D eigenvalue weighted by molar-refractivity contribution is 5.80. The molecule has 0 aromatic rings. The SMILES string of the molecule is CCCCCCCCCCCCCCCCCCC/C=C/CC/C=C/C(O)C(CO)NC(=O)C(O)CCCCCCCCCCCCCCCCCCCCCCCCCCCCCCCCCCCCCCCC. The third-order valence-corrected chi connectivity index (χ3v) is 16.5. The van der Waals surface area contributed by atoms with Crippen LogP contribution in [0, 0.1) is 0 Å². The van der Waals surface area contributed by atoms with E-state index >= 15 is 0 Å². The molecule has 0 fully saturated rings. The van der Waals surface area contributed by atoms with Crippen LogP contribution in [0.1, 0.15) is 393 Å². The van der Waals surface area contributed by atoms with Crippen molar-refractivity contribution in [3.63, 3.8) is 0 Å². The Kier molecular flexibility index (Phi) is 64.3. The number of rotatable bonds is 65. The predicted molar refractivity (Wildman–Crippen MR) is 333 cm³/mol. The van der Waals surface area contributed by atoms with Gasteiger partial charge in [-0.1, -0.05) is 385 Å². The maximum Gasteiger partial charge on any atom is 0.249 e. The maximum absolute atomic E-state index is 12.6. The largest absolute Gasteiger partial charge is 0.394 e. The van der Waals surface area contributed by atoms with Crippen molar-refractivity contribution in [3.8, 4) is 0 Å². The van der Waals surface area contributed by atoms with Crippen molar-refractivity contribution >= 4 is 5.91 Å². The molecule has 0 radical (unpaired) electrons. The Hall–Kier alpha value is -1.17. The molecular weight excluding hydrogens is 919 g/mol. The summed E-state index contributed by atoms with van der Waals surface area (Å²) in [5, 5.41) is 33.5. The molecule has 0 heterocycles. The van der Waals surface area contributed by atoms with Crippen LogP contribution in [0.15, 0.2) is 24.3 Å². The van der Waals surface area contributed by atoms with E-state index in [1.807, 2.05) is 6.08 Å². The Morgan fingerprint density at radius 3 is 0.813 bits per heavy atom. The van der Waals surface area contributed by atoms with E-state index in [0.717, 1.165) is 38.5 Å². The van der Waals surface area contributed by atoms with E-state index in [2.05, 4.69) is 31.3 Å². The zero-order valence-electron chi connectivity index (χ0n) is 51.2. The summed E-state index contributed by atoms with van der Waals surface area (Å²) >= 11 is 0. The molecule has 0 spiro atoms. The fourth-order valence-electron chi connectivity index (χ4n) is 11.2. The maximum atomic E-state index is 12.6. The Balaban J connectivity index is 3.47. The second-order valence-electron chi connectivity index (χ2n) is 24.1. The molecule has 75 heavy (non-hydrogen) atoms. The quantitative estimate of drug-likeness (QED) is 0.0361. The molecule has 0 aliphatic rings. The van der Waals surface area contributed by atoms with Crippen LogP contribution in [0.5, 0.6) is 0 Å². The number of aliphatic hydroxyl groups excluding tert-OH is 3. The topological polar surface area (TPSA) is 89.8 Å². The molecule has 0 rings (SSSR count). The number of unbranched alkanes of at least 4 members (excludes halogenated alkanes) is 55. The van der Waals surface area contributed by atoms with Crippen molar-refractivity contribution in [3.05, 3.63) is 24.3 Å². The van der Waals surface area contributed by atoms with Crippen molar-refractivity contribution in [1.29, 1.82) is 0 Å². The Bertz CT molecular complexity index is 1120. The first-order chi connectivity index (χ1) is 37.1. The van der Waals surface area contributed by atoms with Gasteiger partial charge in [-0.3, -0.25) is 4.79 Å². The third-order valence-electron chi connectivity index (χ3n) is 16.5. The lowest BCUT2D eigenvalue weighted by Gasteiger charge is -2.21. The molecule has 5 nitrogen and oxygen atoms in total. The average Bonchev–Trinajstić information content (AvgIpc) is 3.41. The van der Waals surface area contributed by atoms with Gasteiger partial charge in [-0.2, -0.15) is 0 Å². The Morgan fingerprint density at radius 2 is 0.547 bits per heavy atom. The number of aliphatic hydroxyl groups is 3. The standard InChI is InChI=1S/C70H137NO4/c1-3-5-7-9-11-13-15-17-19-21-23-25-27-28-29-30-31-32-33-34-35-36-37-38-39-40-41-43-45-47-49-51-53-55-57-59-61-63-65-69(74)70(75)71-67(66-72)68(73)64-62-60-58-56-54-52-50-48-46-44-42-26-24-22-20-18-16-14-12-10-8-6-4-2/h54,56,62,64,67-69,72-74H,3-53,55,57-61,63,65-66H2,1-2H3,(H,71,75)/b56-54+,64-62+. The fourth-order valence-corrected chi connectivity index (χ4v) is 11.2. The number of amides is 1. The second-order valence-corrected chi connectivity index (χ2v) is 24.1. The van der Waals surface area contributed by atoms with Gasteiger partial charge in [0.05, 0.1) is 18.8 Å². The summed E-state index contributed by atoms with van der Waals surface area (Å²) in [6.45, 7) is 4.22. The van der Waals surface area contributed by atoms with Crippen molar-refractivity contribution in [1.82, 2.24) is 5.32 Å². The molecule has 0 saturated carbocycles. The van der Waals surface area contributed by atoms with Crippen LogP contribution in [0.2, 0.25) is 0 Å². The molecule has 0 saturated heterocycles. The molecule has 4 N–H and O–H groups in total. The number of hydrogen-bond donors (Lipinski definition) is 4. The summed E-state index contributed by atoms with van der Waals surface area (Å²) in [5.41, 5.74) is 0. The minimum Gasteiger partial charge on any atom is -0.394 e. The number of hydrogen-bond acceptors (Lipinski definition) is 4. The monoisotopic (exact) mass is 1060 g/mol. The van der Waals surface area contributed by atoms with E-state index in [1.165, 1.54) is 334 Å². The third kappa shape index (κ3) is 60.3. The van der Waals surface area contributed by atoms with Crippen LogP contribution < -0.4 is 5.32 Å². The number of carbonyl (C=O) groups excluding carboxylic acids is 1. The molecule has 0 aliphatic carbocycles. The van der Waals surface area contributed by atoms with Gasteiger partial charge < -0.3 is 20.6 Å². The first kappa shape index (κ1) is 73.8. The molecule has 0 bridgehead atoms. The van der Waals surface area contributed by atoms with Crippen LogP contribution >= 0.6 is 0 Å². The van der Waals surface area contributed by atoms with Crippen molar-refractivity contribution < 1.29 is 20.1 Å². The Labute approximate surface area is 471 Å². The zero-order valence-corrected chi connectivity index (χ0v) is 51.2. The Morgan fingerprint density at radius 1 is 0.320 bits per heavy atom. The highest BCUT2D eigenvalue weighted by Crippen LogP contribution is 2.19. The van der Waals surface area contributed by atoms with Gasteiger partial charge in [0.15, 0.2) is 0 Å². The van der Waals surface area contributed by atoms with Crippen LogP contribution in [0.25, 0.3) is 0 Å². The van der Waals surface area contributed by atoms with Crippen molar-refractivity contribution in [2.24, 2.45) is 0 Å². The molecule has 5 heteroatoms. The van der Waals surface area contributed by atoms with Crippen LogP contribution in [-0.2, 0) is 4.79 Å². The number of allylic oxidation sites excluding steroid dienone is 3. The molecule has 3 atom stereocenters. The van der Waals surface area contributed by atoms with E-state index in [1.54, 1.807) is 6.08 Å². The van der Waals surface area contributed by atoms with E-state index in [-0.39, 0.29) is 6.61 Å². The minimum atomic E-state index is -1.10. The van der Waals surface area contributed by atoms with E-state index in [0.29, 0.717) is 6.42 Å². The lowest BCUT2D eigenvalue weighted by molar-refractivity contribution is -0.131. The molecular formula is C70H137NO4. The van der Waals surface area contributed by atoms with Gasteiger partial charge >= 0.3 is 0 Å². The van der Waals surface area contributed by atoms with Gasteiger partial charge in [0.1, 0.15) is 6.10 Å². The summed E-state index contributed by atoms with van der Waals surface area (Å²) < 4.78 is 0. The normalized spacial score (nSPS) is 13.2. The van der Waals surface area contributed by atoms with E-state index in [9.17, 15) is 20.1 Å². The van der Waals surface area contributed by atoms with Crippen molar-refractivity contribution in [2.45, 2.75) is 411 Å². The van der Waals surface area contributed by atoms with Gasteiger partial charge in [-0.15, -0.1) is 0 Å². The average molecular weight is 1060 g/mol. The minimum absolute atomic E-state index is 0.372. The lowest BCUT2D eigenvalue weighted by Crippen LogP contribution is -2.48. The van der Waals surface area contributed by atoms with Gasteiger partial charge in [0.25, 0.3) is 0 Å². The summed E-state index contributed by atoms with van der Waals surface area (Å²) in [7, 11) is 0. The second kappa shape index (κ2) is 65.3. The van der Waals surface area contributed by atoms with Crippen LogP contribution in [0.3, 0.4) is 0 Å². The summed E-state index contributed by atoms with van der Waals surface area (Å²) in [6.07, 6.45) is 86.2. The molecule has 0 aliphatic heterocycles. The molecule has 1 amide bonds. The zero-order chi connectivity index (χ0) is 54.3. The van der Waals surface area contributed by atoms with E-state index < -0.39 is 24.2 Å². The summed E-state index contributed by atoms with van der Waals surface area (Å²) in [5.74, 6) is -0.504. The highest BCUT2D eigenvalue weighted by atomic mass is 16.3. The summed E-state index contributed by atoms with van der Waals surface area (Å²) in [4.78, 5) is 12.6. The van der Waals surface area contributed by atoms with Crippen LogP contribution in [0.4, 0.5) is 0 Å². The number of carbonyl (C=O) groups is 1.